The highest BCUT2D eigenvalue weighted by atomic mass is 32.2. The second-order valence-electron chi connectivity index (χ2n) is 8.97. The van der Waals surface area contributed by atoms with Crippen molar-refractivity contribution in [1.29, 1.82) is 0 Å². The molecule has 9 heteroatoms. The number of nitrogen functional groups attached to an aromatic ring is 2. The maximum Gasteiger partial charge on any atom is 0.196 e. The number of fused-ring (bicyclic) bond motifs is 2. The molecule has 5 N–H and O–H groups in total. The summed E-state index contributed by atoms with van der Waals surface area (Å²) >= 11 is 0. The van der Waals surface area contributed by atoms with Gasteiger partial charge in [-0.2, -0.15) is 0 Å². The first kappa shape index (κ1) is 24.2. The van der Waals surface area contributed by atoms with Gasteiger partial charge in [-0.1, -0.05) is 36.4 Å². The standard InChI is InChI=1S/C28H23N3O5S/c1-14-11-16(7-9-20(14)29)17-8-10-21(15(2)12-17)31-22-13-23(37(34,35)36)26(30)25-24(22)27(32)18-5-3-4-6-19(18)28(25)33/h3-13,31H,29-30H2,1-2H3,(H,34,35,36)/p-1. The normalized spacial score (nSPS) is 12.7. The number of anilines is 4. The SMILES string of the molecule is Cc1cc(-c2ccc(Nc3cc(S(=O)(=O)[O-])c(N)c4c3C(=O)c3ccccc3C4=O)c(C)c2)ccc1N. The summed E-state index contributed by atoms with van der Waals surface area (Å²) in [6, 6.07) is 18.5. The van der Waals surface area contributed by atoms with Crippen molar-refractivity contribution in [2.75, 3.05) is 16.8 Å². The van der Waals surface area contributed by atoms with Gasteiger partial charge in [-0.15, -0.1) is 0 Å². The van der Waals surface area contributed by atoms with Crippen molar-refractivity contribution in [3.63, 3.8) is 0 Å². The molecule has 0 heterocycles. The fraction of sp³-hybridized carbons (Fsp3) is 0.0714. The van der Waals surface area contributed by atoms with E-state index in [4.69, 9.17) is 11.5 Å². The molecule has 1 aliphatic carbocycles. The van der Waals surface area contributed by atoms with Gasteiger partial charge in [0.2, 0.25) is 0 Å². The maximum absolute atomic E-state index is 13.5. The molecule has 186 valence electrons. The third-order valence-corrected chi connectivity index (χ3v) is 7.44. The number of aryl methyl sites for hydroxylation is 2. The van der Waals surface area contributed by atoms with Gasteiger partial charge >= 0.3 is 0 Å². The minimum Gasteiger partial charge on any atom is -0.744 e. The first-order valence-corrected chi connectivity index (χ1v) is 12.7. The van der Waals surface area contributed by atoms with Gasteiger partial charge in [0, 0.05) is 22.5 Å². The highest BCUT2D eigenvalue weighted by Gasteiger charge is 2.35. The van der Waals surface area contributed by atoms with Gasteiger partial charge in [-0.25, -0.2) is 8.42 Å². The first-order valence-electron chi connectivity index (χ1n) is 11.3. The number of hydrogen-bond acceptors (Lipinski definition) is 8. The van der Waals surface area contributed by atoms with E-state index in [0.717, 1.165) is 28.3 Å². The number of carbonyl (C=O) groups is 2. The predicted octanol–water partition coefficient (Wildman–Crippen LogP) is 4.56. The Bertz CT molecular complexity index is 1760. The molecule has 0 unspecified atom stereocenters. The molecular formula is C28H22N3O5S-. The highest BCUT2D eigenvalue weighted by molar-refractivity contribution is 7.86. The van der Waals surface area contributed by atoms with E-state index in [9.17, 15) is 22.6 Å². The molecule has 0 spiro atoms. The Morgan fingerprint density at radius 3 is 1.86 bits per heavy atom. The third-order valence-electron chi connectivity index (χ3n) is 6.57. The molecular weight excluding hydrogens is 490 g/mol. The van der Waals surface area contributed by atoms with Gasteiger partial charge in [0.15, 0.2) is 11.6 Å². The van der Waals surface area contributed by atoms with E-state index >= 15 is 0 Å². The van der Waals surface area contributed by atoms with Crippen LogP contribution in [0.2, 0.25) is 0 Å². The third kappa shape index (κ3) is 4.04. The number of benzene rings is 4. The molecule has 0 aromatic heterocycles. The fourth-order valence-corrected chi connectivity index (χ4v) is 5.22. The van der Waals surface area contributed by atoms with Gasteiger partial charge in [0.25, 0.3) is 0 Å². The Labute approximate surface area is 213 Å². The van der Waals surface area contributed by atoms with Crippen LogP contribution in [0, 0.1) is 13.8 Å². The minimum atomic E-state index is -5.05. The highest BCUT2D eigenvalue weighted by Crippen LogP contribution is 2.40. The van der Waals surface area contributed by atoms with E-state index in [1.165, 1.54) is 12.1 Å². The second kappa shape index (κ2) is 8.58. The molecule has 5 rings (SSSR count). The van der Waals surface area contributed by atoms with Crippen molar-refractivity contribution in [2.45, 2.75) is 18.7 Å². The summed E-state index contributed by atoms with van der Waals surface area (Å²) in [6.07, 6.45) is 0. The maximum atomic E-state index is 13.5. The lowest BCUT2D eigenvalue weighted by atomic mass is 9.82. The Morgan fingerprint density at radius 2 is 1.30 bits per heavy atom. The molecule has 4 aromatic rings. The summed E-state index contributed by atoms with van der Waals surface area (Å²) in [6.45, 7) is 3.76. The molecule has 1 aliphatic rings. The van der Waals surface area contributed by atoms with Crippen LogP contribution < -0.4 is 16.8 Å². The first-order chi connectivity index (χ1) is 17.5. The van der Waals surface area contributed by atoms with Crippen LogP contribution in [0.1, 0.15) is 43.0 Å². The zero-order valence-corrected chi connectivity index (χ0v) is 20.8. The lowest BCUT2D eigenvalue weighted by Gasteiger charge is -2.25. The Kier molecular flexibility index (Phi) is 5.62. The molecule has 0 atom stereocenters. The molecule has 0 saturated heterocycles. The average molecular weight is 513 g/mol. The minimum absolute atomic E-state index is 0.00524. The van der Waals surface area contributed by atoms with Gasteiger partial charge in [-0.3, -0.25) is 9.59 Å². The van der Waals surface area contributed by atoms with Crippen LogP contribution in [0.25, 0.3) is 11.1 Å². The Hall–Kier alpha value is -4.47. The van der Waals surface area contributed by atoms with Gasteiger partial charge in [-0.05, 0) is 66.4 Å². The van der Waals surface area contributed by atoms with Crippen molar-refractivity contribution < 1.29 is 22.6 Å². The number of hydrogen-bond donors (Lipinski definition) is 3. The topological polar surface area (TPSA) is 155 Å². The molecule has 0 aliphatic heterocycles. The van der Waals surface area contributed by atoms with Crippen molar-refractivity contribution in [3.8, 4) is 11.1 Å². The van der Waals surface area contributed by atoms with E-state index in [-0.39, 0.29) is 27.9 Å². The van der Waals surface area contributed by atoms with Crippen LogP contribution in [0.3, 0.4) is 0 Å². The fourth-order valence-electron chi connectivity index (χ4n) is 4.58. The van der Waals surface area contributed by atoms with E-state index < -0.39 is 32.3 Å². The van der Waals surface area contributed by atoms with Crippen LogP contribution in [-0.4, -0.2) is 24.5 Å². The van der Waals surface area contributed by atoms with Crippen molar-refractivity contribution >= 4 is 44.4 Å². The van der Waals surface area contributed by atoms with Crippen LogP contribution in [0.5, 0.6) is 0 Å². The number of carbonyl (C=O) groups excluding carboxylic acids is 2. The second-order valence-corrected chi connectivity index (χ2v) is 10.3. The Morgan fingerprint density at radius 1 is 0.730 bits per heavy atom. The van der Waals surface area contributed by atoms with E-state index in [1.807, 2.05) is 44.2 Å². The monoisotopic (exact) mass is 512 g/mol. The van der Waals surface area contributed by atoms with Crippen LogP contribution in [0.4, 0.5) is 22.7 Å². The van der Waals surface area contributed by atoms with Gasteiger partial charge in [0.05, 0.1) is 27.4 Å². The molecule has 0 saturated carbocycles. The molecule has 0 bridgehead atoms. The van der Waals surface area contributed by atoms with E-state index in [2.05, 4.69) is 5.32 Å². The predicted molar refractivity (Wildman–Crippen MR) is 141 cm³/mol. The van der Waals surface area contributed by atoms with Crippen molar-refractivity contribution in [3.05, 3.63) is 100 Å². The summed E-state index contributed by atoms with van der Waals surface area (Å²) in [5.74, 6) is -1.12. The van der Waals surface area contributed by atoms with E-state index in [1.54, 1.807) is 18.2 Å². The van der Waals surface area contributed by atoms with Crippen LogP contribution >= 0.6 is 0 Å². The zero-order chi connectivity index (χ0) is 26.6. The largest absolute Gasteiger partial charge is 0.744 e. The molecule has 4 aromatic carbocycles. The van der Waals surface area contributed by atoms with Crippen LogP contribution in [0.15, 0.2) is 71.6 Å². The summed E-state index contributed by atoms with van der Waals surface area (Å²) < 4.78 is 36.1. The van der Waals surface area contributed by atoms with Gasteiger partial charge < -0.3 is 21.3 Å². The lowest BCUT2D eigenvalue weighted by molar-refractivity contribution is 0.0980. The molecule has 8 nitrogen and oxygen atoms in total. The van der Waals surface area contributed by atoms with Crippen molar-refractivity contribution in [1.82, 2.24) is 0 Å². The summed E-state index contributed by atoms with van der Waals surface area (Å²) in [4.78, 5) is 26.0. The smallest absolute Gasteiger partial charge is 0.196 e. The quantitative estimate of drug-likeness (QED) is 0.234. The molecule has 37 heavy (non-hydrogen) atoms. The summed E-state index contributed by atoms with van der Waals surface area (Å²) in [7, 11) is -5.05. The number of rotatable bonds is 4. The number of nitrogens with two attached hydrogens (primary N) is 2. The lowest BCUT2D eigenvalue weighted by Crippen LogP contribution is -2.25. The molecule has 0 fully saturated rings. The summed E-state index contributed by atoms with van der Waals surface area (Å²) in [5.41, 5.74) is 16.2. The van der Waals surface area contributed by atoms with Gasteiger partial charge in [0.1, 0.15) is 10.1 Å². The zero-order valence-electron chi connectivity index (χ0n) is 20.0. The Balaban J connectivity index is 1.66. The molecule has 0 amide bonds. The van der Waals surface area contributed by atoms with Crippen LogP contribution in [-0.2, 0) is 10.1 Å². The summed E-state index contributed by atoms with van der Waals surface area (Å²) in [5, 5.41) is 3.07. The number of nitrogens with one attached hydrogen (secondary N) is 1. The average Bonchev–Trinajstić information content (AvgIpc) is 2.85. The van der Waals surface area contributed by atoms with E-state index in [0.29, 0.717) is 11.4 Å². The van der Waals surface area contributed by atoms with Crippen molar-refractivity contribution in [2.24, 2.45) is 0 Å². The molecule has 0 radical (unpaired) electrons. The number of ketones is 2.